The van der Waals surface area contributed by atoms with Gasteiger partial charge in [-0.3, -0.25) is 0 Å². The number of ether oxygens (including phenoxy) is 1. The maximum atomic E-state index is 5.98. The van der Waals surface area contributed by atoms with E-state index in [0.717, 1.165) is 18.6 Å². The maximum absolute atomic E-state index is 5.98. The third-order valence-electron chi connectivity index (χ3n) is 2.97. The molecule has 0 saturated heterocycles. The molecule has 2 unspecified atom stereocenters. The highest BCUT2D eigenvalue weighted by atomic mass is 16.5. The van der Waals surface area contributed by atoms with Crippen LogP contribution in [0.1, 0.15) is 26.7 Å². The summed E-state index contributed by atoms with van der Waals surface area (Å²) in [5.74, 6) is 2.40. The lowest BCUT2D eigenvalue weighted by Gasteiger charge is -2.24. The van der Waals surface area contributed by atoms with E-state index in [-0.39, 0.29) is 0 Å². The van der Waals surface area contributed by atoms with E-state index in [1.165, 1.54) is 0 Å². The largest absolute Gasteiger partial charge is 0.494 e. The van der Waals surface area contributed by atoms with Gasteiger partial charge in [0.2, 0.25) is 0 Å². The lowest BCUT2D eigenvalue weighted by atomic mass is 9.93. The van der Waals surface area contributed by atoms with Crippen LogP contribution in [-0.2, 0) is 4.74 Å². The zero-order valence-corrected chi connectivity index (χ0v) is 8.94. The monoisotopic (exact) mass is 190 g/mol. The first-order valence-corrected chi connectivity index (χ1v) is 5.46. The van der Waals surface area contributed by atoms with Crippen LogP contribution in [0.4, 0.5) is 0 Å². The number of hydrogen-bond acceptors (Lipinski definition) is 1. The fourth-order valence-corrected chi connectivity index (χ4v) is 2.14. The van der Waals surface area contributed by atoms with Gasteiger partial charge in [-0.2, -0.15) is 0 Å². The Morgan fingerprint density at radius 3 is 2.86 bits per heavy atom. The Bertz CT molecular complexity index is 284. The van der Waals surface area contributed by atoms with Crippen LogP contribution in [-0.4, -0.2) is 6.10 Å². The molecule has 2 aliphatic rings. The second-order valence-corrected chi connectivity index (χ2v) is 4.41. The minimum absolute atomic E-state index is 0.376. The average Bonchev–Trinajstić information content (AvgIpc) is 2.75. The van der Waals surface area contributed by atoms with Crippen molar-refractivity contribution in [3.63, 3.8) is 0 Å². The van der Waals surface area contributed by atoms with Crippen molar-refractivity contribution in [1.29, 1.82) is 0 Å². The molecule has 0 aromatic carbocycles. The van der Waals surface area contributed by atoms with Crippen molar-refractivity contribution in [1.82, 2.24) is 0 Å². The number of hydrogen-bond donors (Lipinski definition) is 0. The summed E-state index contributed by atoms with van der Waals surface area (Å²) in [6.45, 7) is 4.52. The molecule has 2 aliphatic carbocycles. The smallest absolute Gasteiger partial charge is 0.108 e. The number of rotatable bonds is 3. The second-order valence-electron chi connectivity index (χ2n) is 4.41. The van der Waals surface area contributed by atoms with Crippen LogP contribution in [0.25, 0.3) is 0 Å². The van der Waals surface area contributed by atoms with Crippen molar-refractivity contribution in [2.45, 2.75) is 32.8 Å². The Hall–Kier alpha value is -0.980. The Morgan fingerprint density at radius 1 is 1.36 bits per heavy atom. The molecular weight excluding hydrogens is 172 g/mol. The summed E-state index contributed by atoms with van der Waals surface area (Å²) in [6, 6.07) is 0. The maximum Gasteiger partial charge on any atom is 0.108 e. The standard InChI is InChI=1S/C13H18O/c1-10(2)12-8-5-9-13(12)14-11-6-3-4-7-11/h3-6,8,10,12-13H,7,9H2,1-2H3. The van der Waals surface area contributed by atoms with Gasteiger partial charge in [-0.05, 0) is 12.0 Å². The van der Waals surface area contributed by atoms with Crippen molar-refractivity contribution in [2.75, 3.05) is 0 Å². The molecule has 76 valence electrons. The van der Waals surface area contributed by atoms with Gasteiger partial charge in [0.15, 0.2) is 0 Å². The van der Waals surface area contributed by atoms with Crippen molar-refractivity contribution in [3.8, 4) is 0 Å². The SMILES string of the molecule is CC(C)C1C=CCC1OC1=CC=CC1. The van der Waals surface area contributed by atoms with Crippen molar-refractivity contribution in [2.24, 2.45) is 11.8 Å². The van der Waals surface area contributed by atoms with Crippen LogP contribution < -0.4 is 0 Å². The van der Waals surface area contributed by atoms with Crippen molar-refractivity contribution < 1.29 is 4.74 Å². The third kappa shape index (κ3) is 1.92. The molecular formula is C13H18O. The van der Waals surface area contributed by atoms with Crippen LogP contribution >= 0.6 is 0 Å². The molecule has 1 nitrogen and oxygen atoms in total. The zero-order chi connectivity index (χ0) is 9.97. The van der Waals surface area contributed by atoms with Gasteiger partial charge in [-0.25, -0.2) is 0 Å². The van der Waals surface area contributed by atoms with Gasteiger partial charge >= 0.3 is 0 Å². The number of allylic oxidation sites excluding steroid dienone is 3. The van der Waals surface area contributed by atoms with Crippen LogP contribution in [0, 0.1) is 11.8 Å². The van der Waals surface area contributed by atoms with Crippen molar-refractivity contribution in [3.05, 3.63) is 36.1 Å². The quantitative estimate of drug-likeness (QED) is 0.619. The Kier molecular flexibility index (Phi) is 2.76. The summed E-state index contributed by atoms with van der Waals surface area (Å²) in [5, 5.41) is 0. The van der Waals surface area contributed by atoms with Gasteiger partial charge in [0.1, 0.15) is 11.9 Å². The fraction of sp³-hybridized carbons (Fsp3) is 0.538. The Morgan fingerprint density at radius 2 is 2.21 bits per heavy atom. The van der Waals surface area contributed by atoms with E-state index in [1.807, 2.05) is 0 Å². The third-order valence-corrected chi connectivity index (χ3v) is 2.97. The van der Waals surface area contributed by atoms with E-state index < -0.39 is 0 Å². The van der Waals surface area contributed by atoms with Crippen LogP contribution in [0.3, 0.4) is 0 Å². The summed E-state index contributed by atoms with van der Waals surface area (Å²) < 4.78 is 5.98. The Labute approximate surface area is 86.2 Å². The van der Waals surface area contributed by atoms with E-state index in [2.05, 4.69) is 44.2 Å². The van der Waals surface area contributed by atoms with E-state index in [1.54, 1.807) is 0 Å². The Balaban J connectivity index is 1.92. The zero-order valence-electron chi connectivity index (χ0n) is 8.94. The molecule has 2 atom stereocenters. The molecule has 1 heteroatoms. The van der Waals surface area contributed by atoms with Crippen LogP contribution in [0.2, 0.25) is 0 Å². The van der Waals surface area contributed by atoms with Gasteiger partial charge in [0.05, 0.1) is 0 Å². The summed E-state index contributed by atoms with van der Waals surface area (Å²) >= 11 is 0. The highest BCUT2D eigenvalue weighted by Crippen LogP contribution is 2.30. The first-order valence-electron chi connectivity index (χ1n) is 5.46. The molecule has 0 N–H and O–H groups in total. The predicted octanol–water partition coefficient (Wildman–Crippen LogP) is 3.45. The van der Waals surface area contributed by atoms with Gasteiger partial charge in [-0.1, -0.05) is 38.2 Å². The van der Waals surface area contributed by atoms with Gasteiger partial charge in [0.25, 0.3) is 0 Å². The topological polar surface area (TPSA) is 9.23 Å². The molecule has 0 fully saturated rings. The first kappa shape index (κ1) is 9.57. The van der Waals surface area contributed by atoms with E-state index in [0.29, 0.717) is 17.9 Å². The van der Waals surface area contributed by atoms with Crippen molar-refractivity contribution >= 4 is 0 Å². The molecule has 0 bridgehead atoms. The highest BCUT2D eigenvalue weighted by molar-refractivity contribution is 5.19. The highest BCUT2D eigenvalue weighted by Gasteiger charge is 2.27. The van der Waals surface area contributed by atoms with E-state index in [4.69, 9.17) is 4.74 Å². The normalized spacial score (nSPS) is 30.1. The summed E-state index contributed by atoms with van der Waals surface area (Å²) in [6.07, 6.45) is 13.3. The van der Waals surface area contributed by atoms with E-state index in [9.17, 15) is 0 Å². The minimum Gasteiger partial charge on any atom is -0.494 e. The van der Waals surface area contributed by atoms with Crippen LogP contribution in [0.15, 0.2) is 36.1 Å². The van der Waals surface area contributed by atoms with E-state index >= 15 is 0 Å². The molecule has 2 rings (SSSR count). The molecule has 0 aromatic heterocycles. The van der Waals surface area contributed by atoms with Gasteiger partial charge < -0.3 is 4.74 Å². The fourth-order valence-electron chi connectivity index (χ4n) is 2.14. The van der Waals surface area contributed by atoms with Gasteiger partial charge in [0, 0.05) is 18.8 Å². The average molecular weight is 190 g/mol. The summed E-state index contributed by atoms with van der Waals surface area (Å²) in [4.78, 5) is 0. The summed E-state index contributed by atoms with van der Waals surface area (Å²) in [5.41, 5.74) is 0. The minimum atomic E-state index is 0.376. The lowest BCUT2D eigenvalue weighted by Crippen LogP contribution is -2.22. The van der Waals surface area contributed by atoms with Crippen LogP contribution in [0.5, 0.6) is 0 Å². The van der Waals surface area contributed by atoms with Gasteiger partial charge in [-0.15, -0.1) is 0 Å². The molecule has 0 aromatic rings. The molecule has 0 saturated carbocycles. The molecule has 0 spiro atoms. The molecule has 0 radical (unpaired) electrons. The molecule has 14 heavy (non-hydrogen) atoms. The predicted molar refractivity (Wildman–Crippen MR) is 58.8 cm³/mol. The molecule has 0 amide bonds. The molecule has 0 aliphatic heterocycles. The lowest BCUT2D eigenvalue weighted by molar-refractivity contribution is 0.0733. The molecule has 0 heterocycles. The first-order chi connectivity index (χ1) is 6.77. The second kappa shape index (κ2) is 4.04. The summed E-state index contributed by atoms with van der Waals surface area (Å²) in [7, 11) is 0.